The maximum atomic E-state index is 10.8. The first-order valence-corrected chi connectivity index (χ1v) is 4.41. The molecule has 2 N–H and O–H groups in total. The van der Waals surface area contributed by atoms with E-state index in [2.05, 4.69) is 0 Å². The minimum atomic E-state index is -0.314. The highest BCUT2D eigenvalue weighted by molar-refractivity contribution is 7.10. The Hall–Kier alpha value is -0.830. The number of primary amides is 1. The van der Waals surface area contributed by atoms with Crippen molar-refractivity contribution in [3.63, 3.8) is 0 Å². The number of carbonyl (C=O) groups is 1. The van der Waals surface area contributed by atoms with E-state index in [9.17, 15) is 4.79 Å². The lowest BCUT2D eigenvalue weighted by molar-refractivity contribution is 0.1000. The number of thiophene rings is 1. The van der Waals surface area contributed by atoms with Gasteiger partial charge in [0, 0.05) is 10.3 Å². The monoisotopic (exact) mass is 169 g/mol. The molecule has 1 amide bonds. The Morgan fingerprint density at radius 1 is 1.73 bits per heavy atom. The SMILES string of the molecule is CCc1c(C(N)=O)csc1C. The van der Waals surface area contributed by atoms with E-state index in [1.807, 2.05) is 19.2 Å². The van der Waals surface area contributed by atoms with E-state index in [1.54, 1.807) is 11.3 Å². The molecule has 0 bridgehead atoms. The molecule has 0 radical (unpaired) electrons. The lowest BCUT2D eigenvalue weighted by Gasteiger charge is -1.96. The fraction of sp³-hybridized carbons (Fsp3) is 0.375. The molecule has 0 saturated carbocycles. The summed E-state index contributed by atoms with van der Waals surface area (Å²) < 4.78 is 0. The molecule has 1 aromatic rings. The first kappa shape index (κ1) is 8.27. The van der Waals surface area contributed by atoms with Gasteiger partial charge in [-0.25, -0.2) is 0 Å². The number of hydrogen-bond acceptors (Lipinski definition) is 2. The van der Waals surface area contributed by atoms with E-state index in [0.717, 1.165) is 12.0 Å². The van der Waals surface area contributed by atoms with Gasteiger partial charge in [0.15, 0.2) is 0 Å². The summed E-state index contributed by atoms with van der Waals surface area (Å²) in [7, 11) is 0. The van der Waals surface area contributed by atoms with Crippen molar-refractivity contribution in [3.8, 4) is 0 Å². The van der Waals surface area contributed by atoms with Gasteiger partial charge >= 0.3 is 0 Å². The number of aryl methyl sites for hydroxylation is 1. The second kappa shape index (κ2) is 3.05. The third-order valence-corrected chi connectivity index (χ3v) is 2.68. The summed E-state index contributed by atoms with van der Waals surface area (Å²) in [5, 5.41) is 1.83. The van der Waals surface area contributed by atoms with Crippen LogP contribution in [0.5, 0.6) is 0 Å². The van der Waals surface area contributed by atoms with E-state index in [4.69, 9.17) is 5.73 Å². The molecule has 0 atom stereocenters. The molecule has 0 spiro atoms. The summed E-state index contributed by atoms with van der Waals surface area (Å²) in [6.07, 6.45) is 0.883. The van der Waals surface area contributed by atoms with Crippen LogP contribution >= 0.6 is 11.3 Å². The maximum absolute atomic E-state index is 10.8. The average molecular weight is 169 g/mol. The van der Waals surface area contributed by atoms with E-state index in [0.29, 0.717) is 5.56 Å². The molecule has 1 heterocycles. The quantitative estimate of drug-likeness (QED) is 0.719. The van der Waals surface area contributed by atoms with E-state index >= 15 is 0 Å². The predicted molar refractivity (Wildman–Crippen MR) is 47.0 cm³/mol. The highest BCUT2D eigenvalue weighted by Gasteiger charge is 2.10. The lowest BCUT2D eigenvalue weighted by Crippen LogP contribution is -2.11. The Balaban J connectivity index is 3.15. The number of carbonyl (C=O) groups excluding carboxylic acids is 1. The topological polar surface area (TPSA) is 43.1 Å². The molecule has 60 valence electrons. The molecule has 0 aromatic carbocycles. The van der Waals surface area contributed by atoms with E-state index in [-0.39, 0.29) is 5.91 Å². The smallest absolute Gasteiger partial charge is 0.249 e. The van der Waals surface area contributed by atoms with Crippen LogP contribution in [0.25, 0.3) is 0 Å². The number of nitrogens with two attached hydrogens (primary N) is 1. The van der Waals surface area contributed by atoms with Crippen molar-refractivity contribution in [1.82, 2.24) is 0 Å². The minimum Gasteiger partial charge on any atom is -0.366 e. The van der Waals surface area contributed by atoms with Crippen LogP contribution in [0.15, 0.2) is 5.38 Å². The van der Waals surface area contributed by atoms with Crippen molar-refractivity contribution in [2.45, 2.75) is 20.3 Å². The molecule has 0 fully saturated rings. The fourth-order valence-electron chi connectivity index (χ4n) is 1.13. The summed E-state index contributed by atoms with van der Waals surface area (Å²) in [5.41, 5.74) is 6.96. The summed E-state index contributed by atoms with van der Waals surface area (Å²) in [5.74, 6) is -0.314. The van der Waals surface area contributed by atoms with Crippen LogP contribution in [-0.2, 0) is 6.42 Å². The van der Waals surface area contributed by atoms with Gasteiger partial charge in [0.05, 0.1) is 5.56 Å². The molecule has 1 rings (SSSR count). The van der Waals surface area contributed by atoms with Crippen molar-refractivity contribution in [2.75, 3.05) is 0 Å². The zero-order valence-corrected chi connectivity index (χ0v) is 7.49. The van der Waals surface area contributed by atoms with Gasteiger partial charge in [-0.1, -0.05) is 6.92 Å². The molecule has 0 aliphatic carbocycles. The van der Waals surface area contributed by atoms with Gasteiger partial charge in [0.25, 0.3) is 0 Å². The molecule has 3 heteroatoms. The highest BCUT2D eigenvalue weighted by Crippen LogP contribution is 2.21. The van der Waals surface area contributed by atoms with Gasteiger partial charge in [0.2, 0.25) is 5.91 Å². The molecular weight excluding hydrogens is 158 g/mol. The summed E-state index contributed by atoms with van der Waals surface area (Å²) >= 11 is 1.58. The summed E-state index contributed by atoms with van der Waals surface area (Å²) in [6, 6.07) is 0. The van der Waals surface area contributed by atoms with Crippen molar-refractivity contribution >= 4 is 17.2 Å². The molecule has 0 aliphatic rings. The molecule has 0 unspecified atom stereocenters. The zero-order valence-electron chi connectivity index (χ0n) is 6.68. The Morgan fingerprint density at radius 2 is 2.36 bits per heavy atom. The highest BCUT2D eigenvalue weighted by atomic mass is 32.1. The van der Waals surface area contributed by atoms with Crippen LogP contribution in [0.4, 0.5) is 0 Å². The maximum Gasteiger partial charge on any atom is 0.249 e. The average Bonchev–Trinajstić information content (AvgIpc) is 2.30. The van der Waals surface area contributed by atoms with Crippen LogP contribution in [0.1, 0.15) is 27.7 Å². The Morgan fingerprint density at radius 3 is 2.73 bits per heavy atom. The summed E-state index contributed by atoms with van der Waals surface area (Å²) in [4.78, 5) is 12.0. The Kier molecular flexibility index (Phi) is 2.29. The summed E-state index contributed by atoms with van der Waals surface area (Å²) in [6.45, 7) is 4.04. The van der Waals surface area contributed by atoms with Crippen molar-refractivity contribution in [2.24, 2.45) is 5.73 Å². The van der Waals surface area contributed by atoms with Gasteiger partial charge in [-0.3, -0.25) is 4.79 Å². The first-order valence-electron chi connectivity index (χ1n) is 3.53. The van der Waals surface area contributed by atoms with E-state index in [1.165, 1.54) is 4.88 Å². The second-order valence-electron chi connectivity index (χ2n) is 2.40. The number of hydrogen-bond donors (Lipinski definition) is 1. The number of amides is 1. The van der Waals surface area contributed by atoms with Crippen LogP contribution < -0.4 is 5.73 Å². The van der Waals surface area contributed by atoms with Crippen LogP contribution in [0, 0.1) is 6.92 Å². The van der Waals surface area contributed by atoms with Gasteiger partial charge in [-0.2, -0.15) is 0 Å². The second-order valence-corrected chi connectivity index (χ2v) is 3.49. The third kappa shape index (κ3) is 1.43. The number of rotatable bonds is 2. The lowest BCUT2D eigenvalue weighted by atomic mass is 10.1. The molecule has 2 nitrogen and oxygen atoms in total. The van der Waals surface area contributed by atoms with Gasteiger partial charge in [0.1, 0.15) is 0 Å². The molecular formula is C8H11NOS. The van der Waals surface area contributed by atoms with Gasteiger partial charge < -0.3 is 5.73 Å². The normalized spacial score (nSPS) is 10.0. The van der Waals surface area contributed by atoms with Crippen molar-refractivity contribution < 1.29 is 4.79 Å². The van der Waals surface area contributed by atoms with E-state index < -0.39 is 0 Å². The van der Waals surface area contributed by atoms with Gasteiger partial charge in [-0.05, 0) is 18.9 Å². The molecule has 0 aliphatic heterocycles. The first-order chi connectivity index (χ1) is 5.16. The molecule has 0 saturated heterocycles. The van der Waals surface area contributed by atoms with Crippen LogP contribution in [0.3, 0.4) is 0 Å². The zero-order chi connectivity index (χ0) is 8.43. The Labute approximate surface area is 70.0 Å². The largest absolute Gasteiger partial charge is 0.366 e. The van der Waals surface area contributed by atoms with Crippen molar-refractivity contribution in [3.05, 3.63) is 21.4 Å². The minimum absolute atomic E-state index is 0.314. The molecule has 11 heavy (non-hydrogen) atoms. The van der Waals surface area contributed by atoms with Crippen LogP contribution in [0.2, 0.25) is 0 Å². The standard InChI is InChI=1S/C8H11NOS/c1-3-6-5(2)11-4-7(6)8(9)10/h4H,3H2,1-2H3,(H2,9,10). The van der Waals surface area contributed by atoms with Crippen molar-refractivity contribution in [1.29, 1.82) is 0 Å². The predicted octanol–water partition coefficient (Wildman–Crippen LogP) is 1.72. The van der Waals surface area contributed by atoms with Gasteiger partial charge in [-0.15, -0.1) is 11.3 Å². The molecule has 1 aromatic heterocycles. The third-order valence-electron chi connectivity index (χ3n) is 1.72. The Bertz CT molecular complexity index is 278. The fourth-order valence-corrected chi connectivity index (χ4v) is 2.08. The van der Waals surface area contributed by atoms with Crippen LogP contribution in [-0.4, -0.2) is 5.91 Å².